The minimum absolute atomic E-state index is 0.0303. The highest BCUT2D eigenvalue weighted by molar-refractivity contribution is 6.49. The van der Waals surface area contributed by atoms with E-state index >= 15 is 0 Å². The lowest BCUT2D eigenvalue weighted by Crippen LogP contribution is -2.23. The molecule has 0 atom stereocenters. The summed E-state index contributed by atoms with van der Waals surface area (Å²) in [6, 6.07) is 7.29. The van der Waals surface area contributed by atoms with E-state index in [2.05, 4.69) is 0 Å². The molecule has 2 aromatic carbocycles. The van der Waals surface area contributed by atoms with Gasteiger partial charge >= 0.3 is 0 Å². The van der Waals surface area contributed by atoms with Crippen molar-refractivity contribution in [3.63, 3.8) is 0 Å². The Morgan fingerprint density at radius 1 is 0.550 bits per heavy atom. The number of carbonyl (C=O) groups is 2. The van der Waals surface area contributed by atoms with E-state index in [1.807, 2.05) is 107 Å². The summed E-state index contributed by atoms with van der Waals surface area (Å²) in [5.41, 5.74) is 2.65. The van der Waals surface area contributed by atoms with Gasteiger partial charge in [0.15, 0.2) is 11.5 Å². The smallest absolute Gasteiger partial charge is 0.229 e. The predicted molar refractivity (Wildman–Crippen MR) is 163 cm³/mol. The van der Waals surface area contributed by atoms with Gasteiger partial charge in [0.1, 0.15) is 11.5 Å². The summed E-state index contributed by atoms with van der Waals surface area (Å²) in [6.07, 6.45) is 1.25. The van der Waals surface area contributed by atoms with Crippen LogP contribution in [0.3, 0.4) is 0 Å². The van der Waals surface area contributed by atoms with Gasteiger partial charge in [0.25, 0.3) is 0 Å². The monoisotopic (exact) mass is 546 g/mol. The first-order chi connectivity index (χ1) is 18.0. The Morgan fingerprint density at radius 2 is 0.850 bits per heavy atom. The second-order valence-electron chi connectivity index (χ2n) is 15.0. The molecule has 0 saturated heterocycles. The Hall–Kier alpha value is -3.34. The van der Waals surface area contributed by atoms with Crippen molar-refractivity contribution in [2.75, 3.05) is 7.11 Å². The summed E-state index contributed by atoms with van der Waals surface area (Å²) in [6.45, 7) is 24.1. The molecule has 0 unspecified atom stereocenters. The Labute approximate surface area is 240 Å². The van der Waals surface area contributed by atoms with E-state index in [0.717, 1.165) is 0 Å². The molecule has 216 valence electrons. The minimum Gasteiger partial charge on any atom is -0.507 e. The maximum Gasteiger partial charge on any atom is 0.229 e. The van der Waals surface area contributed by atoms with E-state index in [1.54, 1.807) is 0 Å². The van der Waals surface area contributed by atoms with Gasteiger partial charge in [-0.25, -0.2) is 0 Å². The van der Waals surface area contributed by atoms with Crippen molar-refractivity contribution >= 4 is 22.7 Å². The van der Waals surface area contributed by atoms with Gasteiger partial charge in [0, 0.05) is 39.5 Å². The molecule has 1 aliphatic rings. The molecule has 3 rings (SSSR count). The minimum atomic E-state index is -0.431. The van der Waals surface area contributed by atoms with E-state index in [9.17, 15) is 19.8 Å². The molecule has 0 radical (unpaired) electrons. The number of allylic oxidation sites excluding steroid dienone is 3. The summed E-state index contributed by atoms with van der Waals surface area (Å²) in [5, 5.41) is 22.7. The van der Waals surface area contributed by atoms with Crippen LogP contribution in [-0.2, 0) is 36.0 Å². The van der Waals surface area contributed by atoms with Crippen LogP contribution in [0.5, 0.6) is 11.5 Å². The number of benzene rings is 2. The standard InChI is InChI=1S/C35H46O5/c1-32(2,3)21-14-19(15-22(29(21)37)33(4,5)6)27-25(36)18-26(40-13)31(39)28(27)20-16-23(34(7,8)9)30(38)24(17-20)35(10,11)12/h14-18,37-38H,1-13H3. The highest BCUT2D eigenvalue weighted by Crippen LogP contribution is 2.46. The predicted octanol–water partition coefficient (Wildman–Crippen LogP) is 7.88. The van der Waals surface area contributed by atoms with Crippen LogP contribution in [0, 0.1) is 0 Å². The number of hydrogen-bond acceptors (Lipinski definition) is 5. The first kappa shape index (κ1) is 31.2. The number of ketones is 2. The first-order valence-electron chi connectivity index (χ1n) is 13.9. The lowest BCUT2D eigenvalue weighted by atomic mass is 9.74. The number of Topliss-reactive ketones (excluding diaryl/α,β-unsaturated/α-hetero) is 1. The van der Waals surface area contributed by atoms with Gasteiger partial charge in [-0.2, -0.15) is 0 Å². The molecule has 0 aliphatic heterocycles. The summed E-state index contributed by atoms with van der Waals surface area (Å²) in [7, 11) is 1.38. The summed E-state index contributed by atoms with van der Waals surface area (Å²) in [5.74, 6) is -0.386. The second-order valence-corrected chi connectivity index (χ2v) is 15.0. The number of ether oxygens (including phenoxy) is 1. The van der Waals surface area contributed by atoms with Gasteiger partial charge < -0.3 is 14.9 Å². The molecule has 0 bridgehead atoms. The summed E-state index contributed by atoms with van der Waals surface area (Å²) in [4.78, 5) is 27.9. The average Bonchev–Trinajstić information content (AvgIpc) is 2.77. The third-order valence-corrected chi connectivity index (χ3v) is 7.46. The average molecular weight is 547 g/mol. The number of rotatable bonds is 3. The van der Waals surface area contributed by atoms with Crippen molar-refractivity contribution in [3.8, 4) is 11.5 Å². The molecule has 0 aromatic heterocycles. The quantitative estimate of drug-likeness (QED) is 0.383. The molecular weight excluding hydrogens is 500 g/mol. The summed E-state index contributed by atoms with van der Waals surface area (Å²) >= 11 is 0. The molecule has 40 heavy (non-hydrogen) atoms. The molecule has 5 heteroatoms. The molecule has 0 fully saturated rings. The molecule has 0 heterocycles. The van der Waals surface area contributed by atoms with Crippen LogP contribution < -0.4 is 0 Å². The van der Waals surface area contributed by atoms with E-state index < -0.39 is 27.4 Å². The number of hydrogen-bond donors (Lipinski definition) is 2. The van der Waals surface area contributed by atoms with Crippen molar-refractivity contribution < 1.29 is 24.5 Å². The van der Waals surface area contributed by atoms with E-state index in [0.29, 0.717) is 33.4 Å². The molecule has 1 aliphatic carbocycles. The van der Waals surface area contributed by atoms with Gasteiger partial charge in [-0.1, -0.05) is 83.1 Å². The van der Waals surface area contributed by atoms with Crippen LogP contribution in [0.4, 0.5) is 0 Å². The number of phenolic OH excluding ortho intramolecular Hbond substituents is 2. The Bertz CT molecular complexity index is 1370. The van der Waals surface area contributed by atoms with E-state index in [-0.39, 0.29) is 34.2 Å². The SMILES string of the molecule is COC1=CC(=O)C(c2cc(C(C)(C)C)c(O)c(C(C)(C)C)c2)=C(c2cc(C(C)(C)C)c(O)c(C(C)(C)C)c2)C1=O. The third kappa shape index (κ3) is 5.75. The zero-order chi connectivity index (χ0) is 30.7. The number of phenols is 2. The maximum absolute atomic E-state index is 14.0. The van der Waals surface area contributed by atoms with Crippen molar-refractivity contribution in [2.24, 2.45) is 0 Å². The fraction of sp³-hybridized carbons (Fsp3) is 0.486. The highest BCUT2D eigenvalue weighted by Gasteiger charge is 2.36. The Morgan fingerprint density at radius 3 is 1.12 bits per heavy atom. The van der Waals surface area contributed by atoms with Crippen LogP contribution in [-0.4, -0.2) is 28.9 Å². The topological polar surface area (TPSA) is 83.8 Å². The molecule has 5 nitrogen and oxygen atoms in total. The van der Waals surface area contributed by atoms with Gasteiger partial charge in [-0.15, -0.1) is 0 Å². The third-order valence-electron chi connectivity index (χ3n) is 7.46. The zero-order valence-corrected chi connectivity index (χ0v) is 26.5. The van der Waals surface area contributed by atoms with Gasteiger partial charge in [0.2, 0.25) is 5.78 Å². The van der Waals surface area contributed by atoms with Gasteiger partial charge in [0.05, 0.1) is 7.11 Å². The molecular formula is C35H46O5. The van der Waals surface area contributed by atoms with E-state index in [4.69, 9.17) is 4.74 Å². The zero-order valence-electron chi connectivity index (χ0n) is 26.5. The fourth-order valence-corrected chi connectivity index (χ4v) is 5.17. The van der Waals surface area contributed by atoms with Crippen molar-refractivity contribution in [1.29, 1.82) is 0 Å². The number of carbonyl (C=O) groups excluding carboxylic acids is 2. The molecule has 0 amide bonds. The van der Waals surface area contributed by atoms with Crippen LogP contribution in [0.25, 0.3) is 11.1 Å². The maximum atomic E-state index is 14.0. The fourth-order valence-electron chi connectivity index (χ4n) is 5.17. The van der Waals surface area contributed by atoms with E-state index in [1.165, 1.54) is 13.2 Å². The second kappa shape index (κ2) is 9.94. The van der Waals surface area contributed by atoms with Crippen molar-refractivity contribution in [1.82, 2.24) is 0 Å². The van der Waals surface area contributed by atoms with Crippen LogP contribution >= 0.6 is 0 Å². The molecule has 2 N–H and O–H groups in total. The number of aromatic hydroxyl groups is 2. The normalized spacial score (nSPS) is 15.5. The lowest BCUT2D eigenvalue weighted by Gasteiger charge is -2.30. The van der Waals surface area contributed by atoms with Gasteiger partial charge in [-0.05, 0) is 57.1 Å². The molecule has 0 saturated carbocycles. The van der Waals surface area contributed by atoms with Crippen LogP contribution in [0.1, 0.15) is 116 Å². The molecule has 0 spiro atoms. The largest absolute Gasteiger partial charge is 0.507 e. The number of methoxy groups -OCH3 is 1. The Kier molecular flexibility index (Phi) is 7.75. The van der Waals surface area contributed by atoms with Crippen LogP contribution in [0.15, 0.2) is 36.1 Å². The van der Waals surface area contributed by atoms with Crippen molar-refractivity contribution in [3.05, 3.63) is 69.5 Å². The van der Waals surface area contributed by atoms with Crippen molar-refractivity contribution in [2.45, 2.75) is 105 Å². The summed E-state index contributed by atoms with van der Waals surface area (Å²) < 4.78 is 5.37. The van der Waals surface area contributed by atoms with Crippen LogP contribution in [0.2, 0.25) is 0 Å². The lowest BCUT2D eigenvalue weighted by molar-refractivity contribution is -0.115. The Balaban J connectivity index is 2.59. The van der Waals surface area contributed by atoms with Gasteiger partial charge in [-0.3, -0.25) is 9.59 Å². The molecule has 2 aromatic rings. The highest BCUT2D eigenvalue weighted by atomic mass is 16.5. The first-order valence-corrected chi connectivity index (χ1v) is 13.9.